The summed E-state index contributed by atoms with van der Waals surface area (Å²) in [6, 6.07) is 7.14. The number of benzene rings is 1. The summed E-state index contributed by atoms with van der Waals surface area (Å²) >= 11 is 0. The maximum atomic E-state index is 11.4. The lowest BCUT2D eigenvalue weighted by Gasteiger charge is -2.15. The molecule has 0 spiro atoms. The van der Waals surface area contributed by atoms with Gasteiger partial charge in [-0.25, -0.2) is 8.42 Å². The fourth-order valence-corrected chi connectivity index (χ4v) is 3.80. The van der Waals surface area contributed by atoms with E-state index in [1.165, 1.54) is 0 Å². The van der Waals surface area contributed by atoms with Gasteiger partial charge in [-0.05, 0) is 31.0 Å². The van der Waals surface area contributed by atoms with Crippen LogP contribution in [0.5, 0.6) is 5.75 Å². The molecule has 2 unspecified atom stereocenters. The molecule has 1 aromatic carbocycles. The SMILES string of the molecule is CC(=O)CCc1ccc(OC2CS(=O)(=O)CC2O)cc1. The second-order valence-corrected chi connectivity index (χ2v) is 7.30. The number of ketones is 1. The standard InChI is InChI=1S/C14H18O5S/c1-10(15)2-3-11-4-6-12(7-5-11)19-14-9-20(17,18)8-13(14)16/h4-7,13-14,16H,2-3,8-9H2,1H3. The number of aryl methyl sites for hydroxylation is 1. The first-order chi connectivity index (χ1) is 9.35. The molecule has 0 radical (unpaired) electrons. The van der Waals surface area contributed by atoms with Gasteiger partial charge in [-0.15, -0.1) is 0 Å². The van der Waals surface area contributed by atoms with Crippen LogP contribution in [0.15, 0.2) is 24.3 Å². The predicted molar refractivity (Wildman–Crippen MR) is 74.5 cm³/mol. The Bertz CT molecular complexity index is 576. The number of hydrogen-bond donors (Lipinski definition) is 1. The molecule has 0 bridgehead atoms. The summed E-state index contributed by atoms with van der Waals surface area (Å²) < 4.78 is 28.3. The molecule has 0 amide bonds. The molecule has 2 atom stereocenters. The second kappa shape index (κ2) is 5.93. The lowest BCUT2D eigenvalue weighted by molar-refractivity contribution is -0.116. The highest BCUT2D eigenvalue weighted by atomic mass is 32.2. The quantitative estimate of drug-likeness (QED) is 0.867. The summed E-state index contributed by atoms with van der Waals surface area (Å²) in [6.45, 7) is 1.55. The van der Waals surface area contributed by atoms with Crippen molar-refractivity contribution in [2.24, 2.45) is 0 Å². The molecule has 0 saturated carbocycles. The van der Waals surface area contributed by atoms with E-state index in [-0.39, 0.29) is 17.3 Å². The van der Waals surface area contributed by atoms with Crippen LogP contribution < -0.4 is 4.74 Å². The second-order valence-electron chi connectivity index (χ2n) is 5.15. The number of Topliss-reactive ketones (excluding diaryl/α,β-unsaturated/α-hetero) is 1. The molecular weight excluding hydrogens is 280 g/mol. The predicted octanol–water partition coefficient (Wildman–Crippen LogP) is 0.745. The van der Waals surface area contributed by atoms with E-state index in [1.807, 2.05) is 12.1 Å². The summed E-state index contributed by atoms with van der Waals surface area (Å²) in [5, 5.41) is 9.64. The largest absolute Gasteiger partial charge is 0.487 e. The van der Waals surface area contributed by atoms with E-state index in [0.717, 1.165) is 5.56 Å². The molecule has 2 rings (SSSR count). The van der Waals surface area contributed by atoms with Gasteiger partial charge in [0.2, 0.25) is 0 Å². The molecule has 1 aliphatic rings. The van der Waals surface area contributed by atoms with Crippen LogP contribution in [0.2, 0.25) is 0 Å². The van der Waals surface area contributed by atoms with Gasteiger partial charge in [0.1, 0.15) is 23.7 Å². The average Bonchev–Trinajstić information content (AvgIpc) is 2.61. The molecular formula is C14H18O5S. The Morgan fingerprint density at radius 1 is 1.30 bits per heavy atom. The molecule has 1 N–H and O–H groups in total. The van der Waals surface area contributed by atoms with Crippen molar-refractivity contribution in [3.8, 4) is 5.75 Å². The third-order valence-corrected chi connectivity index (χ3v) is 4.93. The molecule has 1 fully saturated rings. The molecule has 0 aromatic heterocycles. The van der Waals surface area contributed by atoms with E-state index in [1.54, 1.807) is 19.1 Å². The zero-order valence-electron chi connectivity index (χ0n) is 11.3. The van der Waals surface area contributed by atoms with Gasteiger partial charge in [0.05, 0.1) is 11.5 Å². The van der Waals surface area contributed by atoms with E-state index in [2.05, 4.69) is 0 Å². The summed E-state index contributed by atoms with van der Waals surface area (Å²) in [5.74, 6) is 0.275. The number of rotatable bonds is 5. The third-order valence-electron chi connectivity index (χ3n) is 3.25. The van der Waals surface area contributed by atoms with Crippen LogP contribution in [0.4, 0.5) is 0 Å². The highest BCUT2D eigenvalue weighted by Gasteiger charge is 2.38. The zero-order valence-corrected chi connectivity index (χ0v) is 12.1. The Morgan fingerprint density at radius 2 is 1.95 bits per heavy atom. The van der Waals surface area contributed by atoms with Crippen molar-refractivity contribution in [1.29, 1.82) is 0 Å². The number of sulfone groups is 1. The Labute approximate surface area is 118 Å². The summed E-state index contributed by atoms with van der Waals surface area (Å²) in [7, 11) is -3.20. The summed E-state index contributed by atoms with van der Waals surface area (Å²) in [4.78, 5) is 10.9. The highest BCUT2D eigenvalue weighted by molar-refractivity contribution is 7.91. The molecule has 1 saturated heterocycles. The Kier molecular flexibility index (Phi) is 4.45. The molecule has 6 heteroatoms. The number of carbonyl (C=O) groups excluding carboxylic acids is 1. The minimum Gasteiger partial charge on any atom is -0.487 e. The summed E-state index contributed by atoms with van der Waals surface area (Å²) in [6.07, 6.45) is -0.504. The van der Waals surface area contributed by atoms with Gasteiger partial charge in [0.15, 0.2) is 9.84 Å². The van der Waals surface area contributed by atoms with Crippen molar-refractivity contribution in [2.45, 2.75) is 32.0 Å². The van der Waals surface area contributed by atoms with Gasteiger partial charge in [-0.3, -0.25) is 0 Å². The van der Waals surface area contributed by atoms with Gasteiger partial charge in [-0.1, -0.05) is 12.1 Å². The van der Waals surface area contributed by atoms with E-state index >= 15 is 0 Å². The molecule has 0 aliphatic carbocycles. The van der Waals surface area contributed by atoms with Crippen molar-refractivity contribution in [3.05, 3.63) is 29.8 Å². The zero-order chi connectivity index (χ0) is 14.8. The average molecular weight is 298 g/mol. The maximum absolute atomic E-state index is 11.4. The fraction of sp³-hybridized carbons (Fsp3) is 0.500. The number of hydrogen-bond acceptors (Lipinski definition) is 5. The normalized spacial score (nSPS) is 24.5. The Morgan fingerprint density at radius 3 is 2.45 bits per heavy atom. The third kappa shape index (κ3) is 4.05. The van der Waals surface area contributed by atoms with Gasteiger partial charge >= 0.3 is 0 Å². The number of aliphatic hydroxyl groups excluding tert-OH is 1. The van der Waals surface area contributed by atoms with Gasteiger partial charge < -0.3 is 14.6 Å². The van der Waals surface area contributed by atoms with E-state index < -0.39 is 22.0 Å². The van der Waals surface area contributed by atoms with Crippen LogP contribution >= 0.6 is 0 Å². The molecule has 5 nitrogen and oxygen atoms in total. The number of carbonyl (C=O) groups is 1. The molecule has 1 heterocycles. The fourth-order valence-electron chi connectivity index (χ4n) is 2.14. The molecule has 110 valence electrons. The van der Waals surface area contributed by atoms with Crippen LogP contribution in [0.25, 0.3) is 0 Å². The van der Waals surface area contributed by atoms with Crippen LogP contribution in [0.1, 0.15) is 18.9 Å². The van der Waals surface area contributed by atoms with Crippen LogP contribution in [0, 0.1) is 0 Å². The van der Waals surface area contributed by atoms with Gasteiger partial charge in [0.25, 0.3) is 0 Å². The Balaban J connectivity index is 1.96. The lowest BCUT2D eigenvalue weighted by Crippen LogP contribution is -2.29. The van der Waals surface area contributed by atoms with E-state index in [4.69, 9.17) is 4.74 Å². The van der Waals surface area contributed by atoms with Crippen molar-refractivity contribution in [2.75, 3.05) is 11.5 Å². The first kappa shape index (κ1) is 15.0. The minimum atomic E-state index is -3.20. The van der Waals surface area contributed by atoms with Gasteiger partial charge in [0, 0.05) is 6.42 Å². The molecule has 1 aromatic rings. The molecule has 1 aliphatic heterocycles. The first-order valence-electron chi connectivity index (χ1n) is 6.49. The molecule has 20 heavy (non-hydrogen) atoms. The monoisotopic (exact) mass is 298 g/mol. The van der Waals surface area contributed by atoms with Gasteiger partial charge in [-0.2, -0.15) is 0 Å². The van der Waals surface area contributed by atoms with Crippen molar-refractivity contribution in [1.82, 2.24) is 0 Å². The van der Waals surface area contributed by atoms with Crippen LogP contribution in [0.3, 0.4) is 0 Å². The van der Waals surface area contributed by atoms with Crippen molar-refractivity contribution >= 4 is 15.6 Å². The smallest absolute Gasteiger partial charge is 0.156 e. The van der Waals surface area contributed by atoms with Crippen LogP contribution in [-0.2, 0) is 21.1 Å². The summed E-state index contributed by atoms with van der Waals surface area (Å²) in [5.41, 5.74) is 1.02. The topological polar surface area (TPSA) is 80.7 Å². The van der Waals surface area contributed by atoms with E-state index in [0.29, 0.717) is 18.6 Å². The maximum Gasteiger partial charge on any atom is 0.156 e. The Hall–Kier alpha value is -1.40. The number of aliphatic hydroxyl groups is 1. The lowest BCUT2D eigenvalue weighted by atomic mass is 10.1. The van der Waals surface area contributed by atoms with Crippen LogP contribution in [-0.4, -0.2) is 43.0 Å². The minimum absolute atomic E-state index is 0.143. The van der Waals surface area contributed by atoms with Crippen molar-refractivity contribution < 1.29 is 23.1 Å². The highest BCUT2D eigenvalue weighted by Crippen LogP contribution is 2.21. The number of ether oxygens (including phenoxy) is 1. The van der Waals surface area contributed by atoms with E-state index in [9.17, 15) is 18.3 Å². The first-order valence-corrected chi connectivity index (χ1v) is 8.31. The van der Waals surface area contributed by atoms with Crippen molar-refractivity contribution in [3.63, 3.8) is 0 Å².